The molecule has 0 bridgehead atoms. The Kier molecular flexibility index (Phi) is 3.37. The summed E-state index contributed by atoms with van der Waals surface area (Å²) in [5, 5.41) is 0. The molecule has 1 atom stereocenters. The summed E-state index contributed by atoms with van der Waals surface area (Å²) >= 11 is 3.38. The van der Waals surface area contributed by atoms with Gasteiger partial charge in [0.05, 0.1) is 14.6 Å². The predicted octanol–water partition coefficient (Wildman–Crippen LogP) is 3.49. The third-order valence-electron chi connectivity index (χ3n) is 2.16. The second-order valence-corrected chi connectivity index (χ2v) is 6.58. The molecule has 0 heterocycles. The minimum absolute atomic E-state index is 0.371. The van der Waals surface area contributed by atoms with E-state index >= 15 is 0 Å². The Morgan fingerprint density at radius 1 is 1.36 bits per heavy atom. The first-order valence-electron chi connectivity index (χ1n) is 4.41. The van der Waals surface area contributed by atoms with Gasteiger partial charge in [-0.3, -0.25) is 0 Å². The lowest BCUT2D eigenvalue weighted by atomic mass is 10.2. The Balaban J connectivity index is 3.51. The first kappa shape index (κ1) is 11.7. The Labute approximate surface area is 93.8 Å². The van der Waals surface area contributed by atoms with Crippen LogP contribution in [0.3, 0.4) is 0 Å². The molecule has 1 unspecified atom stereocenters. The molecule has 0 aliphatic heterocycles. The van der Waals surface area contributed by atoms with Gasteiger partial charge in [0.15, 0.2) is 0 Å². The highest BCUT2D eigenvalue weighted by Gasteiger charge is 2.14. The highest BCUT2D eigenvalue weighted by Crippen LogP contribution is 2.25. The van der Waals surface area contributed by atoms with Gasteiger partial charge in [0.2, 0.25) is 0 Å². The van der Waals surface area contributed by atoms with Gasteiger partial charge >= 0.3 is 0 Å². The Hall–Kier alpha value is -0.350. The van der Waals surface area contributed by atoms with Crippen LogP contribution in [0, 0.1) is 18.6 Å². The summed E-state index contributed by atoms with van der Waals surface area (Å²) < 4.78 is 20.7. The monoisotopic (exact) mass is 275 g/mol. The number of hydrogen-bond acceptors (Lipinski definition) is 2. The van der Waals surface area contributed by atoms with E-state index < -0.39 is 9.73 Å². The first-order valence-corrected chi connectivity index (χ1v) is 6.93. The number of hydrogen-bond donors (Lipinski definition) is 1. The molecule has 0 spiro atoms. The molecule has 1 aromatic rings. The van der Waals surface area contributed by atoms with Crippen LogP contribution in [0.4, 0.5) is 0 Å². The SMILES string of the molecule is CCS(=N)(=O)c1c(C)cc(Br)cc1C. The highest BCUT2D eigenvalue weighted by molar-refractivity contribution is 9.10. The molecule has 0 amide bonds. The van der Waals surface area contributed by atoms with Crippen molar-refractivity contribution < 1.29 is 4.21 Å². The van der Waals surface area contributed by atoms with E-state index in [0.717, 1.165) is 15.6 Å². The van der Waals surface area contributed by atoms with E-state index in [1.54, 1.807) is 6.92 Å². The van der Waals surface area contributed by atoms with Gasteiger partial charge in [-0.25, -0.2) is 8.99 Å². The van der Waals surface area contributed by atoms with E-state index in [-0.39, 0.29) is 0 Å². The van der Waals surface area contributed by atoms with Crippen molar-refractivity contribution in [2.24, 2.45) is 0 Å². The Bertz CT molecular complexity index is 428. The highest BCUT2D eigenvalue weighted by atomic mass is 79.9. The maximum absolute atomic E-state index is 12.0. The van der Waals surface area contributed by atoms with E-state index in [2.05, 4.69) is 15.9 Å². The first-order chi connectivity index (χ1) is 6.38. The van der Waals surface area contributed by atoms with Crippen molar-refractivity contribution >= 4 is 25.7 Å². The molecule has 78 valence electrons. The van der Waals surface area contributed by atoms with E-state index in [1.807, 2.05) is 26.0 Å². The van der Waals surface area contributed by atoms with Crippen molar-refractivity contribution in [1.82, 2.24) is 0 Å². The fraction of sp³-hybridized carbons (Fsp3) is 0.400. The van der Waals surface area contributed by atoms with Gasteiger partial charge in [0.1, 0.15) is 0 Å². The maximum Gasteiger partial charge on any atom is 0.0728 e. The Morgan fingerprint density at radius 2 is 1.79 bits per heavy atom. The van der Waals surface area contributed by atoms with E-state index in [9.17, 15) is 4.21 Å². The van der Waals surface area contributed by atoms with Crippen molar-refractivity contribution in [2.45, 2.75) is 25.7 Å². The molecule has 14 heavy (non-hydrogen) atoms. The van der Waals surface area contributed by atoms with Crippen LogP contribution in [0.1, 0.15) is 18.1 Å². The minimum Gasteiger partial charge on any atom is -0.249 e. The Morgan fingerprint density at radius 3 is 2.14 bits per heavy atom. The zero-order valence-electron chi connectivity index (χ0n) is 8.56. The summed E-state index contributed by atoms with van der Waals surface area (Å²) in [5.74, 6) is 0.371. The fourth-order valence-electron chi connectivity index (χ4n) is 1.56. The quantitative estimate of drug-likeness (QED) is 0.882. The van der Waals surface area contributed by atoms with Gasteiger partial charge < -0.3 is 0 Å². The zero-order valence-corrected chi connectivity index (χ0v) is 11.0. The molecule has 4 heteroatoms. The molecule has 1 rings (SSSR count). The van der Waals surface area contributed by atoms with Crippen LogP contribution in [-0.2, 0) is 9.73 Å². The molecule has 1 N–H and O–H groups in total. The standard InChI is InChI=1S/C10H14BrNOS/c1-4-14(12,13)10-7(2)5-9(11)6-8(10)3/h5-6,12H,4H2,1-3H3. The summed E-state index contributed by atoms with van der Waals surface area (Å²) in [6, 6.07) is 3.82. The van der Waals surface area contributed by atoms with E-state index in [0.29, 0.717) is 10.6 Å². The van der Waals surface area contributed by atoms with Crippen LogP contribution in [0.25, 0.3) is 0 Å². The van der Waals surface area contributed by atoms with Crippen LogP contribution in [0.15, 0.2) is 21.5 Å². The van der Waals surface area contributed by atoms with Gasteiger partial charge in [0.25, 0.3) is 0 Å². The molecule has 0 aliphatic rings. The molecule has 2 nitrogen and oxygen atoms in total. The smallest absolute Gasteiger partial charge is 0.0728 e. The lowest BCUT2D eigenvalue weighted by Gasteiger charge is -2.12. The fourth-order valence-corrected chi connectivity index (χ4v) is 3.70. The molecule has 0 aliphatic carbocycles. The van der Waals surface area contributed by atoms with Crippen LogP contribution < -0.4 is 0 Å². The molecule has 0 fully saturated rings. The predicted molar refractivity (Wildman–Crippen MR) is 63.3 cm³/mol. The van der Waals surface area contributed by atoms with E-state index in [1.165, 1.54) is 0 Å². The van der Waals surface area contributed by atoms with Gasteiger partial charge in [-0.05, 0) is 37.1 Å². The lowest BCUT2D eigenvalue weighted by Crippen LogP contribution is -2.06. The van der Waals surface area contributed by atoms with Gasteiger partial charge in [-0.2, -0.15) is 0 Å². The summed E-state index contributed by atoms with van der Waals surface area (Å²) in [4.78, 5) is 0.697. The molecular weight excluding hydrogens is 262 g/mol. The van der Waals surface area contributed by atoms with Crippen molar-refractivity contribution in [1.29, 1.82) is 4.78 Å². The molecular formula is C10H14BrNOS. The molecule has 1 aromatic carbocycles. The summed E-state index contributed by atoms with van der Waals surface area (Å²) in [6.45, 7) is 5.59. The van der Waals surface area contributed by atoms with Crippen molar-refractivity contribution in [3.8, 4) is 0 Å². The van der Waals surface area contributed by atoms with Gasteiger partial charge in [0, 0.05) is 10.2 Å². The summed E-state index contributed by atoms with van der Waals surface area (Å²) in [7, 11) is -2.60. The summed E-state index contributed by atoms with van der Waals surface area (Å²) in [6.07, 6.45) is 0. The van der Waals surface area contributed by atoms with Crippen LogP contribution in [-0.4, -0.2) is 9.96 Å². The van der Waals surface area contributed by atoms with Crippen LogP contribution in [0.5, 0.6) is 0 Å². The van der Waals surface area contributed by atoms with Crippen LogP contribution in [0.2, 0.25) is 0 Å². The maximum atomic E-state index is 12.0. The largest absolute Gasteiger partial charge is 0.249 e. The molecule has 0 saturated carbocycles. The number of rotatable bonds is 2. The third kappa shape index (κ3) is 2.17. The normalized spacial score (nSPS) is 15.1. The number of halogens is 1. The third-order valence-corrected chi connectivity index (χ3v) is 4.74. The molecule has 0 aromatic heterocycles. The van der Waals surface area contributed by atoms with Gasteiger partial charge in [-0.1, -0.05) is 22.9 Å². The second kappa shape index (κ2) is 4.03. The zero-order chi connectivity index (χ0) is 10.9. The molecule has 0 radical (unpaired) electrons. The van der Waals surface area contributed by atoms with Crippen molar-refractivity contribution in [2.75, 3.05) is 5.75 Å². The van der Waals surface area contributed by atoms with Crippen molar-refractivity contribution in [3.63, 3.8) is 0 Å². The second-order valence-electron chi connectivity index (χ2n) is 3.33. The molecule has 0 saturated heterocycles. The minimum atomic E-state index is -2.60. The van der Waals surface area contributed by atoms with E-state index in [4.69, 9.17) is 4.78 Å². The average molecular weight is 276 g/mol. The lowest BCUT2D eigenvalue weighted by molar-refractivity contribution is 0.674. The van der Waals surface area contributed by atoms with Gasteiger partial charge in [-0.15, -0.1) is 0 Å². The number of nitrogens with one attached hydrogen (secondary N) is 1. The topological polar surface area (TPSA) is 40.9 Å². The van der Waals surface area contributed by atoms with Crippen LogP contribution >= 0.6 is 15.9 Å². The van der Waals surface area contributed by atoms with Crippen molar-refractivity contribution in [3.05, 3.63) is 27.7 Å². The number of aryl methyl sites for hydroxylation is 2. The average Bonchev–Trinajstić information content (AvgIpc) is 2.01. The summed E-state index contributed by atoms with van der Waals surface area (Å²) in [5.41, 5.74) is 1.86. The number of benzene rings is 1.